The van der Waals surface area contributed by atoms with Crippen molar-refractivity contribution in [3.63, 3.8) is 0 Å². The second-order valence-corrected chi connectivity index (χ2v) is 4.99. The predicted molar refractivity (Wildman–Crippen MR) is 78.5 cm³/mol. The standard InChI is InChI=1S/C14H20N4O2/c1-10(19)18-8-6-13(7-9-18)16-11-2-4-12(5-3-11)17-14(15)20/h2-5,13,16H,6-9H2,1H3,(H3,15,17,20). The molecule has 2 rings (SSSR count). The minimum atomic E-state index is -0.567. The van der Waals surface area contributed by atoms with E-state index in [4.69, 9.17) is 5.73 Å². The molecular formula is C14H20N4O2. The van der Waals surface area contributed by atoms with Gasteiger partial charge in [0.25, 0.3) is 0 Å². The molecule has 0 saturated carbocycles. The number of primary amides is 1. The first-order chi connectivity index (χ1) is 9.54. The van der Waals surface area contributed by atoms with E-state index in [0.29, 0.717) is 11.7 Å². The fourth-order valence-electron chi connectivity index (χ4n) is 2.37. The van der Waals surface area contributed by atoms with E-state index in [2.05, 4.69) is 10.6 Å². The highest BCUT2D eigenvalue weighted by atomic mass is 16.2. The van der Waals surface area contributed by atoms with Crippen LogP contribution in [0.2, 0.25) is 0 Å². The average Bonchev–Trinajstić information content (AvgIpc) is 2.41. The van der Waals surface area contributed by atoms with Crippen molar-refractivity contribution in [3.05, 3.63) is 24.3 Å². The summed E-state index contributed by atoms with van der Waals surface area (Å²) in [4.78, 5) is 23.8. The molecule has 1 aromatic rings. The van der Waals surface area contributed by atoms with Crippen LogP contribution in [0.1, 0.15) is 19.8 Å². The Hall–Kier alpha value is -2.24. The van der Waals surface area contributed by atoms with Crippen LogP contribution in [0.25, 0.3) is 0 Å². The normalized spacial score (nSPS) is 15.8. The molecule has 1 aromatic carbocycles. The molecular weight excluding hydrogens is 256 g/mol. The van der Waals surface area contributed by atoms with Crippen LogP contribution in [-0.4, -0.2) is 36.0 Å². The van der Waals surface area contributed by atoms with E-state index in [-0.39, 0.29) is 5.91 Å². The van der Waals surface area contributed by atoms with Gasteiger partial charge in [-0.15, -0.1) is 0 Å². The Morgan fingerprint density at radius 2 is 1.70 bits per heavy atom. The Morgan fingerprint density at radius 1 is 1.15 bits per heavy atom. The highest BCUT2D eigenvalue weighted by molar-refractivity contribution is 5.87. The summed E-state index contributed by atoms with van der Waals surface area (Å²) in [5.41, 5.74) is 6.73. The quantitative estimate of drug-likeness (QED) is 0.783. The number of anilines is 2. The molecule has 0 atom stereocenters. The molecule has 108 valence electrons. The number of rotatable bonds is 3. The molecule has 6 nitrogen and oxygen atoms in total. The summed E-state index contributed by atoms with van der Waals surface area (Å²) in [6, 6.07) is 7.23. The predicted octanol–water partition coefficient (Wildman–Crippen LogP) is 1.60. The second kappa shape index (κ2) is 6.27. The zero-order valence-corrected chi connectivity index (χ0v) is 11.6. The summed E-state index contributed by atoms with van der Waals surface area (Å²) in [5.74, 6) is 0.144. The molecule has 4 N–H and O–H groups in total. The van der Waals surface area contributed by atoms with Crippen LogP contribution in [0, 0.1) is 0 Å². The lowest BCUT2D eigenvalue weighted by molar-refractivity contribution is -0.129. The molecule has 0 radical (unpaired) electrons. The van der Waals surface area contributed by atoms with Gasteiger partial charge >= 0.3 is 6.03 Å². The van der Waals surface area contributed by atoms with Crippen molar-refractivity contribution in [2.75, 3.05) is 23.7 Å². The number of hydrogen-bond donors (Lipinski definition) is 3. The van der Waals surface area contributed by atoms with Crippen molar-refractivity contribution in [1.29, 1.82) is 0 Å². The first-order valence-electron chi connectivity index (χ1n) is 6.73. The van der Waals surface area contributed by atoms with Crippen LogP contribution in [0.15, 0.2) is 24.3 Å². The number of piperidine rings is 1. The van der Waals surface area contributed by atoms with E-state index >= 15 is 0 Å². The van der Waals surface area contributed by atoms with Gasteiger partial charge in [0.2, 0.25) is 5.91 Å². The van der Waals surface area contributed by atoms with Crippen molar-refractivity contribution in [2.24, 2.45) is 5.73 Å². The Labute approximate surface area is 118 Å². The molecule has 0 bridgehead atoms. The van der Waals surface area contributed by atoms with E-state index in [1.54, 1.807) is 19.1 Å². The topological polar surface area (TPSA) is 87.5 Å². The maximum absolute atomic E-state index is 11.3. The Morgan fingerprint density at radius 3 is 2.20 bits per heavy atom. The van der Waals surface area contributed by atoms with Crippen LogP contribution < -0.4 is 16.4 Å². The summed E-state index contributed by atoms with van der Waals surface area (Å²) in [7, 11) is 0. The maximum Gasteiger partial charge on any atom is 0.316 e. The van der Waals surface area contributed by atoms with Crippen molar-refractivity contribution >= 4 is 23.3 Å². The molecule has 6 heteroatoms. The minimum Gasteiger partial charge on any atom is -0.382 e. The third-order valence-electron chi connectivity index (χ3n) is 3.46. The summed E-state index contributed by atoms with van der Waals surface area (Å²) in [6.45, 7) is 3.21. The Kier molecular flexibility index (Phi) is 4.45. The minimum absolute atomic E-state index is 0.144. The van der Waals surface area contributed by atoms with Gasteiger partial charge in [0.15, 0.2) is 0 Å². The molecule has 0 spiro atoms. The zero-order chi connectivity index (χ0) is 14.5. The van der Waals surface area contributed by atoms with Crippen LogP contribution >= 0.6 is 0 Å². The Bertz CT molecular complexity index is 478. The van der Waals surface area contributed by atoms with Crippen molar-refractivity contribution < 1.29 is 9.59 Å². The van der Waals surface area contributed by atoms with Crippen LogP contribution in [0.4, 0.5) is 16.2 Å². The van der Waals surface area contributed by atoms with Gasteiger partial charge in [0.05, 0.1) is 0 Å². The molecule has 0 unspecified atom stereocenters. The summed E-state index contributed by atoms with van der Waals surface area (Å²) >= 11 is 0. The highest BCUT2D eigenvalue weighted by Crippen LogP contribution is 2.18. The number of benzene rings is 1. The van der Waals surface area contributed by atoms with E-state index < -0.39 is 6.03 Å². The lowest BCUT2D eigenvalue weighted by atomic mass is 10.0. The number of carbonyl (C=O) groups excluding carboxylic acids is 2. The lowest BCUT2D eigenvalue weighted by Gasteiger charge is -2.32. The van der Waals surface area contributed by atoms with Gasteiger partial charge in [-0.1, -0.05) is 0 Å². The van der Waals surface area contributed by atoms with E-state index in [1.165, 1.54) is 0 Å². The van der Waals surface area contributed by atoms with Crippen molar-refractivity contribution in [2.45, 2.75) is 25.8 Å². The molecule has 1 aliphatic rings. The van der Waals surface area contributed by atoms with Crippen LogP contribution in [0.3, 0.4) is 0 Å². The molecule has 1 saturated heterocycles. The zero-order valence-electron chi connectivity index (χ0n) is 11.6. The largest absolute Gasteiger partial charge is 0.382 e. The van der Waals surface area contributed by atoms with Gasteiger partial charge in [-0.3, -0.25) is 4.79 Å². The van der Waals surface area contributed by atoms with E-state index in [9.17, 15) is 9.59 Å². The van der Waals surface area contributed by atoms with Crippen LogP contribution in [0.5, 0.6) is 0 Å². The monoisotopic (exact) mass is 276 g/mol. The number of nitrogens with one attached hydrogen (secondary N) is 2. The van der Waals surface area contributed by atoms with Gasteiger partial charge in [0.1, 0.15) is 0 Å². The highest BCUT2D eigenvalue weighted by Gasteiger charge is 2.20. The Balaban J connectivity index is 1.85. The third-order valence-corrected chi connectivity index (χ3v) is 3.46. The molecule has 1 fully saturated rings. The molecule has 0 aromatic heterocycles. The SMILES string of the molecule is CC(=O)N1CCC(Nc2ccc(NC(N)=O)cc2)CC1. The first-order valence-corrected chi connectivity index (χ1v) is 6.73. The van der Waals surface area contributed by atoms with Gasteiger partial charge < -0.3 is 21.3 Å². The van der Waals surface area contributed by atoms with Crippen molar-refractivity contribution in [3.8, 4) is 0 Å². The number of amides is 3. The molecule has 1 heterocycles. The molecule has 3 amide bonds. The smallest absolute Gasteiger partial charge is 0.316 e. The average molecular weight is 276 g/mol. The summed E-state index contributed by atoms with van der Waals surface area (Å²) in [5, 5.41) is 5.96. The van der Waals surface area contributed by atoms with E-state index in [1.807, 2.05) is 17.0 Å². The number of urea groups is 1. The fourth-order valence-corrected chi connectivity index (χ4v) is 2.37. The maximum atomic E-state index is 11.3. The lowest BCUT2D eigenvalue weighted by Crippen LogP contribution is -2.41. The van der Waals surface area contributed by atoms with Gasteiger partial charge in [-0.05, 0) is 37.1 Å². The number of carbonyl (C=O) groups is 2. The van der Waals surface area contributed by atoms with Crippen LogP contribution in [-0.2, 0) is 4.79 Å². The van der Waals surface area contributed by atoms with Crippen molar-refractivity contribution in [1.82, 2.24) is 4.90 Å². The second-order valence-electron chi connectivity index (χ2n) is 4.99. The molecule has 1 aliphatic heterocycles. The molecule has 0 aliphatic carbocycles. The third kappa shape index (κ3) is 3.88. The van der Waals surface area contributed by atoms with Gasteiger partial charge in [-0.2, -0.15) is 0 Å². The van der Waals surface area contributed by atoms with Gasteiger partial charge in [0, 0.05) is 37.4 Å². The van der Waals surface area contributed by atoms with Gasteiger partial charge in [-0.25, -0.2) is 4.79 Å². The summed E-state index contributed by atoms with van der Waals surface area (Å²) in [6.07, 6.45) is 1.89. The number of hydrogen-bond acceptors (Lipinski definition) is 3. The fraction of sp³-hybridized carbons (Fsp3) is 0.429. The first kappa shape index (κ1) is 14.2. The molecule has 20 heavy (non-hydrogen) atoms. The summed E-state index contributed by atoms with van der Waals surface area (Å²) < 4.78 is 0. The number of nitrogens with zero attached hydrogens (tertiary/aromatic N) is 1. The van der Waals surface area contributed by atoms with E-state index in [0.717, 1.165) is 31.6 Å². The number of nitrogens with two attached hydrogens (primary N) is 1. The number of likely N-dealkylation sites (tertiary alicyclic amines) is 1.